The number of aryl methyl sites for hydroxylation is 3. The van der Waals surface area contributed by atoms with Gasteiger partial charge in [0.2, 0.25) is 0 Å². The molecule has 17 heavy (non-hydrogen) atoms. The van der Waals surface area contributed by atoms with Gasteiger partial charge >= 0.3 is 5.97 Å². The quantitative estimate of drug-likeness (QED) is 0.787. The number of pyridine rings is 1. The highest BCUT2D eigenvalue weighted by atomic mass is 35.5. The fourth-order valence-electron chi connectivity index (χ4n) is 1.94. The van der Waals surface area contributed by atoms with Gasteiger partial charge in [-0.2, -0.15) is 0 Å². The highest BCUT2D eigenvalue weighted by Crippen LogP contribution is 2.28. The molecule has 1 N–H and O–H groups in total. The minimum absolute atomic E-state index is 0.0520. The van der Waals surface area contributed by atoms with Gasteiger partial charge in [-0.25, -0.2) is 9.78 Å². The summed E-state index contributed by atoms with van der Waals surface area (Å²) in [7, 11) is 0. The number of carboxylic acid groups (broad SMARTS) is 1. The second-order valence-corrected chi connectivity index (χ2v) is 4.47. The summed E-state index contributed by atoms with van der Waals surface area (Å²) >= 11 is 5.94. The Morgan fingerprint density at radius 1 is 1.24 bits per heavy atom. The van der Waals surface area contributed by atoms with Crippen molar-refractivity contribution >= 4 is 28.5 Å². The summed E-state index contributed by atoms with van der Waals surface area (Å²) in [4.78, 5) is 15.3. The van der Waals surface area contributed by atoms with Crippen molar-refractivity contribution in [3.63, 3.8) is 0 Å². The van der Waals surface area contributed by atoms with Crippen molar-refractivity contribution < 1.29 is 9.90 Å². The Morgan fingerprint density at radius 3 is 2.47 bits per heavy atom. The highest BCUT2D eigenvalue weighted by Gasteiger charge is 2.17. The lowest BCUT2D eigenvalue weighted by molar-refractivity contribution is 0.0696. The fourth-order valence-corrected chi connectivity index (χ4v) is 2.25. The Bertz CT molecular complexity index is 635. The number of rotatable bonds is 1. The van der Waals surface area contributed by atoms with Crippen LogP contribution in [0.5, 0.6) is 0 Å². The maximum atomic E-state index is 11.1. The lowest BCUT2D eigenvalue weighted by atomic mass is 10.00. The maximum absolute atomic E-state index is 11.1. The number of hydrogen-bond acceptors (Lipinski definition) is 2. The molecule has 2 rings (SSSR count). The van der Waals surface area contributed by atoms with Crippen LogP contribution in [0, 0.1) is 20.8 Å². The van der Waals surface area contributed by atoms with Crippen LogP contribution in [0.25, 0.3) is 10.9 Å². The van der Waals surface area contributed by atoms with E-state index in [1.165, 1.54) is 0 Å². The predicted octanol–water partition coefficient (Wildman–Crippen LogP) is 3.51. The van der Waals surface area contributed by atoms with Crippen LogP contribution in [-0.2, 0) is 0 Å². The number of nitrogens with zero attached hydrogens (tertiary/aromatic N) is 1. The van der Waals surface area contributed by atoms with Crippen LogP contribution in [0.15, 0.2) is 12.1 Å². The number of carbonyl (C=O) groups is 1. The van der Waals surface area contributed by atoms with E-state index in [1.54, 1.807) is 6.92 Å². The summed E-state index contributed by atoms with van der Waals surface area (Å²) in [6, 6.07) is 3.86. The van der Waals surface area contributed by atoms with Crippen molar-refractivity contribution in [3.8, 4) is 0 Å². The normalized spacial score (nSPS) is 10.8. The van der Waals surface area contributed by atoms with Crippen LogP contribution >= 0.6 is 11.6 Å². The van der Waals surface area contributed by atoms with Gasteiger partial charge in [0.05, 0.1) is 5.52 Å². The van der Waals surface area contributed by atoms with E-state index in [-0.39, 0.29) is 10.7 Å². The Kier molecular flexibility index (Phi) is 2.79. The van der Waals surface area contributed by atoms with Gasteiger partial charge in [-0.15, -0.1) is 0 Å². The molecule has 0 aliphatic heterocycles. The van der Waals surface area contributed by atoms with Gasteiger partial charge in [0, 0.05) is 5.39 Å². The molecule has 0 saturated heterocycles. The zero-order chi connectivity index (χ0) is 12.7. The van der Waals surface area contributed by atoms with Crippen molar-refractivity contribution in [2.75, 3.05) is 0 Å². The molecule has 4 heteroatoms. The minimum atomic E-state index is -1.04. The molecule has 0 bridgehead atoms. The van der Waals surface area contributed by atoms with Gasteiger partial charge in [-0.05, 0) is 37.5 Å². The molecule has 0 fully saturated rings. The minimum Gasteiger partial charge on any atom is -0.478 e. The Labute approximate surface area is 104 Å². The zero-order valence-corrected chi connectivity index (χ0v) is 10.6. The first-order valence-corrected chi connectivity index (χ1v) is 5.60. The van der Waals surface area contributed by atoms with Gasteiger partial charge in [-0.1, -0.05) is 23.7 Å². The summed E-state index contributed by atoms with van der Waals surface area (Å²) in [6.07, 6.45) is 0. The summed E-state index contributed by atoms with van der Waals surface area (Å²) in [5, 5.41) is 10.00. The molecule has 0 aliphatic carbocycles. The van der Waals surface area contributed by atoms with E-state index in [2.05, 4.69) is 4.98 Å². The molecule has 0 aliphatic rings. The number of aromatic nitrogens is 1. The average molecular weight is 250 g/mol. The molecule has 0 atom stereocenters. The maximum Gasteiger partial charge on any atom is 0.339 e. The molecular weight excluding hydrogens is 238 g/mol. The van der Waals surface area contributed by atoms with Crippen molar-refractivity contribution in [1.82, 2.24) is 4.98 Å². The molecule has 3 nitrogen and oxygen atoms in total. The molecule has 88 valence electrons. The van der Waals surface area contributed by atoms with E-state index in [0.29, 0.717) is 5.56 Å². The van der Waals surface area contributed by atoms with Crippen LogP contribution in [-0.4, -0.2) is 16.1 Å². The number of fused-ring (bicyclic) bond motifs is 1. The Hall–Kier alpha value is -1.61. The molecule has 0 unspecified atom stereocenters. The molecule has 1 aromatic carbocycles. The van der Waals surface area contributed by atoms with Gasteiger partial charge in [0.25, 0.3) is 0 Å². The van der Waals surface area contributed by atoms with Gasteiger partial charge in [0.15, 0.2) is 0 Å². The van der Waals surface area contributed by atoms with E-state index in [1.807, 2.05) is 26.0 Å². The first kappa shape index (κ1) is 11.9. The predicted molar refractivity (Wildman–Crippen MR) is 67.9 cm³/mol. The topological polar surface area (TPSA) is 50.2 Å². The van der Waals surface area contributed by atoms with E-state index in [4.69, 9.17) is 16.7 Å². The second kappa shape index (κ2) is 4.00. The van der Waals surface area contributed by atoms with Gasteiger partial charge < -0.3 is 5.11 Å². The first-order valence-electron chi connectivity index (χ1n) is 5.22. The smallest absolute Gasteiger partial charge is 0.339 e. The van der Waals surface area contributed by atoms with Crippen LogP contribution < -0.4 is 0 Å². The largest absolute Gasteiger partial charge is 0.478 e. The SMILES string of the molecule is Cc1ccc2c(C)c(C(=O)O)c(Cl)nc2c1C. The third kappa shape index (κ3) is 1.76. The second-order valence-electron chi connectivity index (χ2n) is 4.11. The standard InChI is InChI=1S/C13H12ClNO2/c1-6-4-5-9-8(3)10(13(16)17)12(14)15-11(9)7(6)2/h4-5H,1-3H3,(H,16,17). The van der Waals surface area contributed by atoms with Crippen LogP contribution in [0.4, 0.5) is 0 Å². The fraction of sp³-hybridized carbons (Fsp3) is 0.231. The lowest BCUT2D eigenvalue weighted by Crippen LogP contribution is -2.04. The molecule has 1 aromatic heterocycles. The Morgan fingerprint density at radius 2 is 1.88 bits per heavy atom. The summed E-state index contributed by atoms with van der Waals surface area (Å²) in [6.45, 7) is 5.71. The molecular formula is C13H12ClNO2. The van der Waals surface area contributed by atoms with Crippen molar-refractivity contribution in [3.05, 3.63) is 39.5 Å². The van der Waals surface area contributed by atoms with E-state index in [0.717, 1.165) is 22.0 Å². The van der Waals surface area contributed by atoms with Crippen LogP contribution in [0.2, 0.25) is 5.15 Å². The highest BCUT2D eigenvalue weighted by molar-refractivity contribution is 6.33. The molecule has 0 spiro atoms. The Balaban J connectivity index is 2.96. The molecule has 2 aromatic rings. The van der Waals surface area contributed by atoms with Crippen molar-refractivity contribution in [2.45, 2.75) is 20.8 Å². The molecule has 1 heterocycles. The summed E-state index contributed by atoms with van der Waals surface area (Å²) in [5.41, 5.74) is 3.67. The molecule has 0 radical (unpaired) electrons. The van der Waals surface area contributed by atoms with E-state index < -0.39 is 5.97 Å². The monoisotopic (exact) mass is 249 g/mol. The third-order valence-corrected chi connectivity index (χ3v) is 3.38. The number of carboxylic acids is 1. The molecule has 0 saturated carbocycles. The lowest BCUT2D eigenvalue weighted by Gasteiger charge is -2.11. The van der Waals surface area contributed by atoms with Crippen molar-refractivity contribution in [2.24, 2.45) is 0 Å². The number of hydrogen-bond donors (Lipinski definition) is 1. The third-order valence-electron chi connectivity index (χ3n) is 3.11. The molecule has 0 amide bonds. The zero-order valence-electron chi connectivity index (χ0n) is 9.84. The van der Waals surface area contributed by atoms with E-state index in [9.17, 15) is 4.79 Å². The van der Waals surface area contributed by atoms with Gasteiger partial charge in [0.1, 0.15) is 10.7 Å². The van der Waals surface area contributed by atoms with Crippen LogP contribution in [0.3, 0.4) is 0 Å². The van der Waals surface area contributed by atoms with Crippen LogP contribution in [0.1, 0.15) is 27.0 Å². The number of aromatic carboxylic acids is 1. The first-order chi connectivity index (χ1) is 7.93. The number of halogens is 1. The van der Waals surface area contributed by atoms with Gasteiger partial charge in [-0.3, -0.25) is 0 Å². The average Bonchev–Trinajstić information content (AvgIpc) is 2.23. The van der Waals surface area contributed by atoms with Crippen molar-refractivity contribution in [1.29, 1.82) is 0 Å². The summed E-state index contributed by atoms with van der Waals surface area (Å²) in [5.74, 6) is -1.04. The summed E-state index contributed by atoms with van der Waals surface area (Å²) < 4.78 is 0. The van der Waals surface area contributed by atoms with E-state index >= 15 is 0 Å². The number of benzene rings is 1.